The number of rotatable bonds is 4. The molecule has 0 saturated carbocycles. The number of benzene rings is 1. The Morgan fingerprint density at radius 3 is 2.35 bits per heavy atom. The summed E-state index contributed by atoms with van der Waals surface area (Å²) in [4.78, 5) is 10.6. The number of carboxylic acid groups (broad SMARTS) is 1. The van der Waals surface area contributed by atoms with Gasteiger partial charge in [0, 0.05) is 18.1 Å². The van der Waals surface area contributed by atoms with E-state index in [2.05, 4.69) is 0 Å². The van der Waals surface area contributed by atoms with Crippen LogP contribution >= 0.6 is 0 Å². The Balaban J connectivity index is 2.11. The third kappa shape index (κ3) is 2.73. The van der Waals surface area contributed by atoms with Crippen molar-refractivity contribution in [3.8, 4) is 5.69 Å². The van der Waals surface area contributed by atoms with Crippen LogP contribution in [0.4, 0.5) is 0 Å². The van der Waals surface area contributed by atoms with Crippen LogP contribution in [0.1, 0.15) is 5.56 Å². The summed E-state index contributed by atoms with van der Waals surface area (Å²) in [6.45, 7) is 0. The van der Waals surface area contributed by atoms with E-state index in [1.165, 1.54) is 0 Å². The van der Waals surface area contributed by atoms with E-state index >= 15 is 0 Å². The predicted octanol–water partition coefficient (Wildman–Crippen LogP) is 1.43. The van der Waals surface area contributed by atoms with Gasteiger partial charge in [-0.3, -0.25) is 4.79 Å². The highest BCUT2D eigenvalue weighted by atomic mass is 16.4. The normalized spacial score (nSPS) is 12.3. The second-order valence-electron chi connectivity index (χ2n) is 3.91. The molecule has 0 amide bonds. The van der Waals surface area contributed by atoms with Crippen LogP contribution in [0, 0.1) is 0 Å². The largest absolute Gasteiger partial charge is 0.480 e. The molecule has 1 atom stereocenters. The van der Waals surface area contributed by atoms with E-state index in [0.717, 1.165) is 11.3 Å². The number of hydrogen-bond donors (Lipinski definition) is 2. The molecule has 1 aromatic heterocycles. The van der Waals surface area contributed by atoms with Crippen LogP contribution in [-0.4, -0.2) is 21.7 Å². The number of carbonyl (C=O) groups is 1. The van der Waals surface area contributed by atoms with E-state index in [-0.39, 0.29) is 0 Å². The smallest absolute Gasteiger partial charge is 0.320 e. The van der Waals surface area contributed by atoms with Gasteiger partial charge in [-0.05, 0) is 36.2 Å². The number of nitrogens with zero attached hydrogens (tertiary/aromatic N) is 1. The summed E-state index contributed by atoms with van der Waals surface area (Å²) in [5.41, 5.74) is 7.45. The van der Waals surface area contributed by atoms with Crippen molar-refractivity contribution < 1.29 is 9.90 Å². The van der Waals surface area contributed by atoms with E-state index in [4.69, 9.17) is 10.8 Å². The fraction of sp³-hybridized carbons (Fsp3) is 0.154. The molecule has 0 saturated heterocycles. The molecule has 0 radical (unpaired) electrons. The first kappa shape index (κ1) is 11.4. The Morgan fingerprint density at radius 1 is 1.24 bits per heavy atom. The third-order valence-corrected chi connectivity index (χ3v) is 2.61. The second-order valence-corrected chi connectivity index (χ2v) is 3.91. The standard InChI is InChI=1S/C13H14N2O2/c14-12(13(16)17)9-10-3-5-11(6-4-10)15-7-1-2-8-15/h1-8,12H,9,14H2,(H,16,17)/t12-/m0/s1. The highest BCUT2D eigenvalue weighted by molar-refractivity contribution is 5.73. The first-order chi connectivity index (χ1) is 8.16. The molecule has 88 valence electrons. The minimum atomic E-state index is -0.973. The molecule has 0 spiro atoms. The van der Waals surface area contributed by atoms with Gasteiger partial charge < -0.3 is 15.4 Å². The molecule has 17 heavy (non-hydrogen) atoms. The number of hydrogen-bond acceptors (Lipinski definition) is 2. The first-order valence-electron chi connectivity index (χ1n) is 5.37. The van der Waals surface area contributed by atoms with E-state index in [1.54, 1.807) is 0 Å². The lowest BCUT2D eigenvalue weighted by Crippen LogP contribution is -2.32. The zero-order valence-electron chi connectivity index (χ0n) is 9.28. The molecule has 0 aliphatic rings. The maximum Gasteiger partial charge on any atom is 0.320 e. The molecule has 2 rings (SSSR count). The van der Waals surface area contributed by atoms with Crippen molar-refractivity contribution in [1.82, 2.24) is 4.57 Å². The Labute approximate surface area is 99.3 Å². The van der Waals surface area contributed by atoms with E-state index in [0.29, 0.717) is 6.42 Å². The summed E-state index contributed by atoms with van der Waals surface area (Å²) in [5.74, 6) is -0.973. The zero-order chi connectivity index (χ0) is 12.3. The highest BCUT2D eigenvalue weighted by Crippen LogP contribution is 2.11. The molecule has 1 heterocycles. The fourth-order valence-corrected chi connectivity index (χ4v) is 1.65. The van der Waals surface area contributed by atoms with Gasteiger partial charge in [0.1, 0.15) is 6.04 Å². The minimum absolute atomic E-state index is 0.349. The molecule has 0 aliphatic heterocycles. The lowest BCUT2D eigenvalue weighted by molar-refractivity contribution is -0.138. The predicted molar refractivity (Wildman–Crippen MR) is 65.1 cm³/mol. The Hall–Kier alpha value is -2.07. The first-order valence-corrected chi connectivity index (χ1v) is 5.37. The number of aromatic nitrogens is 1. The Bertz CT molecular complexity index is 489. The van der Waals surface area contributed by atoms with Crippen molar-refractivity contribution in [2.24, 2.45) is 5.73 Å². The SMILES string of the molecule is N[C@@H](Cc1ccc(-n2cccc2)cc1)C(=O)O. The second kappa shape index (κ2) is 4.84. The zero-order valence-corrected chi connectivity index (χ0v) is 9.28. The van der Waals surface area contributed by atoms with Gasteiger partial charge in [0.2, 0.25) is 0 Å². The van der Waals surface area contributed by atoms with Crippen LogP contribution in [0.5, 0.6) is 0 Å². The van der Waals surface area contributed by atoms with Crippen molar-refractivity contribution in [3.05, 3.63) is 54.4 Å². The molecule has 2 aromatic rings. The molecular formula is C13H14N2O2. The van der Waals surface area contributed by atoms with Crippen molar-refractivity contribution in [2.75, 3.05) is 0 Å². The van der Waals surface area contributed by atoms with Crippen LogP contribution in [0.15, 0.2) is 48.8 Å². The molecular weight excluding hydrogens is 216 g/mol. The van der Waals surface area contributed by atoms with Gasteiger partial charge in [-0.2, -0.15) is 0 Å². The molecule has 0 bridgehead atoms. The van der Waals surface area contributed by atoms with E-state index in [1.807, 2.05) is 53.4 Å². The summed E-state index contributed by atoms with van der Waals surface area (Å²) in [5, 5.41) is 8.72. The lowest BCUT2D eigenvalue weighted by Gasteiger charge is -2.08. The number of carboxylic acids is 1. The Morgan fingerprint density at radius 2 is 1.82 bits per heavy atom. The van der Waals surface area contributed by atoms with E-state index < -0.39 is 12.0 Å². The average molecular weight is 230 g/mol. The lowest BCUT2D eigenvalue weighted by atomic mass is 10.1. The van der Waals surface area contributed by atoms with Crippen LogP contribution in [0.2, 0.25) is 0 Å². The average Bonchev–Trinajstić information content (AvgIpc) is 2.83. The monoisotopic (exact) mass is 230 g/mol. The molecule has 3 N–H and O–H groups in total. The van der Waals surface area contributed by atoms with Gasteiger partial charge in [-0.25, -0.2) is 0 Å². The molecule has 4 heteroatoms. The molecule has 4 nitrogen and oxygen atoms in total. The van der Waals surface area contributed by atoms with Gasteiger partial charge in [0.25, 0.3) is 0 Å². The van der Waals surface area contributed by atoms with Gasteiger partial charge in [0.05, 0.1) is 0 Å². The van der Waals surface area contributed by atoms with Crippen molar-refractivity contribution in [2.45, 2.75) is 12.5 Å². The van der Waals surface area contributed by atoms with Gasteiger partial charge in [0.15, 0.2) is 0 Å². The third-order valence-electron chi connectivity index (χ3n) is 2.61. The van der Waals surface area contributed by atoms with Crippen LogP contribution in [0.3, 0.4) is 0 Å². The maximum absolute atomic E-state index is 10.6. The van der Waals surface area contributed by atoms with Crippen molar-refractivity contribution >= 4 is 5.97 Å². The van der Waals surface area contributed by atoms with Crippen LogP contribution in [0.25, 0.3) is 5.69 Å². The summed E-state index contributed by atoms with van der Waals surface area (Å²) < 4.78 is 1.99. The Kier molecular flexibility index (Phi) is 3.25. The highest BCUT2D eigenvalue weighted by Gasteiger charge is 2.11. The van der Waals surface area contributed by atoms with Crippen molar-refractivity contribution in [1.29, 1.82) is 0 Å². The summed E-state index contributed by atoms with van der Waals surface area (Å²) in [6, 6.07) is 10.8. The maximum atomic E-state index is 10.6. The quantitative estimate of drug-likeness (QED) is 0.834. The minimum Gasteiger partial charge on any atom is -0.480 e. The molecule has 0 aliphatic carbocycles. The van der Waals surface area contributed by atoms with Gasteiger partial charge >= 0.3 is 5.97 Å². The van der Waals surface area contributed by atoms with Crippen LogP contribution in [-0.2, 0) is 11.2 Å². The van der Waals surface area contributed by atoms with Crippen LogP contribution < -0.4 is 5.73 Å². The summed E-state index contributed by atoms with van der Waals surface area (Å²) in [6.07, 6.45) is 4.26. The fourth-order valence-electron chi connectivity index (χ4n) is 1.65. The molecule has 0 fully saturated rings. The summed E-state index contributed by atoms with van der Waals surface area (Å²) in [7, 11) is 0. The topological polar surface area (TPSA) is 68.2 Å². The number of nitrogens with two attached hydrogens (primary N) is 1. The number of aliphatic carboxylic acids is 1. The molecule has 1 aromatic carbocycles. The van der Waals surface area contributed by atoms with E-state index in [9.17, 15) is 4.79 Å². The molecule has 0 unspecified atom stereocenters. The van der Waals surface area contributed by atoms with Gasteiger partial charge in [-0.1, -0.05) is 12.1 Å². The van der Waals surface area contributed by atoms with Crippen molar-refractivity contribution in [3.63, 3.8) is 0 Å². The van der Waals surface area contributed by atoms with Gasteiger partial charge in [-0.15, -0.1) is 0 Å². The summed E-state index contributed by atoms with van der Waals surface area (Å²) >= 11 is 0.